The van der Waals surface area contributed by atoms with Crippen molar-refractivity contribution >= 4 is 29.2 Å². The van der Waals surface area contributed by atoms with Crippen molar-refractivity contribution in [2.75, 3.05) is 41.7 Å². The SMILES string of the molecule is Cc1ncnc(N2CCN(c3nc(N)nc(C)c3Cl)CC2)c1C. The van der Waals surface area contributed by atoms with Crippen molar-refractivity contribution in [2.24, 2.45) is 0 Å². The number of halogens is 1. The Balaban J connectivity index is 1.78. The third-order valence-electron chi connectivity index (χ3n) is 4.20. The van der Waals surface area contributed by atoms with Gasteiger partial charge in [-0.2, -0.15) is 4.98 Å². The number of aromatic nitrogens is 4. The second-order valence-electron chi connectivity index (χ2n) is 5.69. The van der Waals surface area contributed by atoms with Gasteiger partial charge in [-0.25, -0.2) is 15.0 Å². The van der Waals surface area contributed by atoms with Crippen LogP contribution in [0.3, 0.4) is 0 Å². The fourth-order valence-corrected chi connectivity index (χ4v) is 2.95. The predicted molar refractivity (Wildman–Crippen MR) is 92.1 cm³/mol. The summed E-state index contributed by atoms with van der Waals surface area (Å²) in [5, 5.41) is 0.571. The molecule has 1 aliphatic rings. The van der Waals surface area contributed by atoms with E-state index in [0.717, 1.165) is 43.3 Å². The van der Waals surface area contributed by atoms with Crippen LogP contribution in [0.4, 0.5) is 17.6 Å². The number of hydrogen-bond acceptors (Lipinski definition) is 7. The molecule has 0 atom stereocenters. The normalized spacial score (nSPS) is 15.1. The first-order chi connectivity index (χ1) is 11.0. The molecule has 0 bridgehead atoms. The topological polar surface area (TPSA) is 84.1 Å². The Morgan fingerprint density at radius 2 is 1.52 bits per heavy atom. The van der Waals surface area contributed by atoms with Gasteiger partial charge in [0.1, 0.15) is 17.2 Å². The molecule has 8 heteroatoms. The van der Waals surface area contributed by atoms with Crippen LogP contribution in [0.5, 0.6) is 0 Å². The minimum atomic E-state index is 0.256. The zero-order valence-corrected chi connectivity index (χ0v) is 14.3. The minimum Gasteiger partial charge on any atom is -0.368 e. The maximum absolute atomic E-state index is 6.34. The van der Waals surface area contributed by atoms with Crippen molar-refractivity contribution in [1.29, 1.82) is 0 Å². The lowest BCUT2D eigenvalue weighted by atomic mass is 10.2. The maximum atomic E-state index is 6.34. The molecule has 3 heterocycles. The number of nitrogens with zero attached hydrogens (tertiary/aromatic N) is 6. The molecule has 23 heavy (non-hydrogen) atoms. The average molecular weight is 334 g/mol. The number of nitrogen functional groups attached to an aromatic ring is 1. The van der Waals surface area contributed by atoms with Gasteiger partial charge in [0.2, 0.25) is 5.95 Å². The number of aryl methyl sites for hydroxylation is 2. The summed E-state index contributed by atoms with van der Waals surface area (Å²) in [6.07, 6.45) is 1.62. The van der Waals surface area contributed by atoms with Gasteiger partial charge in [-0.3, -0.25) is 0 Å². The molecule has 1 fully saturated rings. The Hall–Kier alpha value is -2.15. The first-order valence-corrected chi connectivity index (χ1v) is 7.93. The highest BCUT2D eigenvalue weighted by atomic mass is 35.5. The average Bonchev–Trinajstić information content (AvgIpc) is 2.54. The van der Waals surface area contributed by atoms with Gasteiger partial charge in [0.25, 0.3) is 0 Å². The van der Waals surface area contributed by atoms with Gasteiger partial charge in [0, 0.05) is 37.4 Å². The molecule has 1 aliphatic heterocycles. The number of piperazine rings is 1. The molecule has 2 N–H and O–H groups in total. The summed E-state index contributed by atoms with van der Waals surface area (Å²) < 4.78 is 0. The van der Waals surface area contributed by atoms with Crippen molar-refractivity contribution in [3.05, 3.63) is 28.3 Å². The quantitative estimate of drug-likeness (QED) is 0.896. The van der Waals surface area contributed by atoms with Crippen LogP contribution >= 0.6 is 11.6 Å². The van der Waals surface area contributed by atoms with E-state index in [9.17, 15) is 0 Å². The van der Waals surface area contributed by atoms with Crippen molar-refractivity contribution in [3.63, 3.8) is 0 Å². The first-order valence-electron chi connectivity index (χ1n) is 7.55. The molecule has 0 saturated carbocycles. The minimum absolute atomic E-state index is 0.256. The molecule has 2 aromatic heterocycles. The highest BCUT2D eigenvalue weighted by molar-refractivity contribution is 6.33. The van der Waals surface area contributed by atoms with Gasteiger partial charge < -0.3 is 15.5 Å². The molecule has 0 aliphatic carbocycles. The Morgan fingerprint density at radius 1 is 0.913 bits per heavy atom. The third-order valence-corrected chi connectivity index (χ3v) is 4.65. The highest BCUT2D eigenvalue weighted by Crippen LogP contribution is 2.28. The first kappa shape index (κ1) is 15.7. The van der Waals surface area contributed by atoms with E-state index < -0.39 is 0 Å². The van der Waals surface area contributed by atoms with Gasteiger partial charge >= 0.3 is 0 Å². The summed E-state index contributed by atoms with van der Waals surface area (Å²) in [5.74, 6) is 1.97. The highest BCUT2D eigenvalue weighted by Gasteiger charge is 2.23. The van der Waals surface area contributed by atoms with E-state index in [2.05, 4.69) is 36.7 Å². The van der Waals surface area contributed by atoms with E-state index >= 15 is 0 Å². The summed E-state index contributed by atoms with van der Waals surface area (Å²) >= 11 is 6.34. The molecule has 2 aromatic rings. The number of nitrogens with two attached hydrogens (primary N) is 1. The predicted octanol–water partition coefficient (Wildman–Crippen LogP) is 1.75. The van der Waals surface area contributed by atoms with Crippen LogP contribution in [-0.4, -0.2) is 46.1 Å². The van der Waals surface area contributed by atoms with Crippen LogP contribution in [-0.2, 0) is 0 Å². The molecular weight excluding hydrogens is 314 g/mol. The van der Waals surface area contributed by atoms with Crippen LogP contribution in [0.15, 0.2) is 6.33 Å². The van der Waals surface area contributed by atoms with Gasteiger partial charge in [-0.05, 0) is 20.8 Å². The summed E-state index contributed by atoms with van der Waals surface area (Å²) in [6.45, 7) is 9.20. The maximum Gasteiger partial charge on any atom is 0.222 e. The molecule has 1 saturated heterocycles. The molecule has 7 nitrogen and oxygen atoms in total. The second kappa shape index (κ2) is 6.16. The lowest BCUT2D eigenvalue weighted by Gasteiger charge is -2.37. The number of anilines is 3. The van der Waals surface area contributed by atoms with Crippen molar-refractivity contribution in [1.82, 2.24) is 19.9 Å². The van der Waals surface area contributed by atoms with Crippen LogP contribution in [0.2, 0.25) is 5.02 Å². The molecule has 122 valence electrons. The van der Waals surface area contributed by atoms with E-state index in [1.54, 1.807) is 6.33 Å². The van der Waals surface area contributed by atoms with E-state index in [1.165, 1.54) is 0 Å². The summed E-state index contributed by atoms with van der Waals surface area (Å²) in [4.78, 5) is 21.5. The van der Waals surface area contributed by atoms with Crippen molar-refractivity contribution in [3.8, 4) is 0 Å². The molecule has 3 rings (SSSR count). The zero-order valence-electron chi connectivity index (χ0n) is 13.5. The largest absolute Gasteiger partial charge is 0.368 e. The van der Waals surface area contributed by atoms with Gasteiger partial charge in [0.05, 0.1) is 5.69 Å². The van der Waals surface area contributed by atoms with Gasteiger partial charge in [-0.15, -0.1) is 0 Å². The van der Waals surface area contributed by atoms with E-state index in [0.29, 0.717) is 16.5 Å². The van der Waals surface area contributed by atoms with Crippen LogP contribution in [0.1, 0.15) is 17.0 Å². The Kier molecular flexibility index (Phi) is 4.21. The summed E-state index contributed by atoms with van der Waals surface area (Å²) in [6, 6.07) is 0. The van der Waals surface area contributed by atoms with Crippen LogP contribution < -0.4 is 15.5 Å². The summed E-state index contributed by atoms with van der Waals surface area (Å²) in [5.41, 5.74) is 8.60. The van der Waals surface area contributed by atoms with Crippen molar-refractivity contribution < 1.29 is 0 Å². The smallest absolute Gasteiger partial charge is 0.222 e. The number of hydrogen-bond donors (Lipinski definition) is 1. The fraction of sp³-hybridized carbons (Fsp3) is 0.467. The lowest BCUT2D eigenvalue weighted by molar-refractivity contribution is 0.638. The molecular formula is C15H20ClN7. The fourth-order valence-electron chi connectivity index (χ4n) is 2.75. The zero-order chi connectivity index (χ0) is 16.6. The second-order valence-corrected chi connectivity index (χ2v) is 6.06. The van der Waals surface area contributed by atoms with Crippen LogP contribution in [0, 0.1) is 20.8 Å². The number of rotatable bonds is 2. The molecule has 0 aromatic carbocycles. The lowest BCUT2D eigenvalue weighted by Crippen LogP contribution is -2.47. The Morgan fingerprint density at radius 3 is 2.17 bits per heavy atom. The molecule has 0 amide bonds. The molecule has 0 radical (unpaired) electrons. The summed E-state index contributed by atoms with van der Waals surface area (Å²) in [7, 11) is 0. The van der Waals surface area contributed by atoms with Gasteiger partial charge in [0.15, 0.2) is 5.82 Å². The monoisotopic (exact) mass is 333 g/mol. The molecule has 0 spiro atoms. The molecule has 0 unspecified atom stereocenters. The van der Waals surface area contributed by atoms with Crippen molar-refractivity contribution in [2.45, 2.75) is 20.8 Å². The third kappa shape index (κ3) is 3.01. The van der Waals surface area contributed by atoms with E-state index in [1.807, 2.05) is 13.8 Å². The van der Waals surface area contributed by atoms with E-state index in [4.69, 9.17) is 17.3 Å². The van der Waals surface area contributed by atoms with Crippen LogP contribution in [0.25, 0.3) is 0 Å². The Bertz CT molecular complexity index is 726. The Labute approximate surface area is 140 Å². The standard InChI is InChI=1S/C15H20ClN7/c1-9-10(2)18-8-19-13(9)22-4-6-23(7-5-22)14-12(16)11(3)20-15(17)21-14/h8H,4-7H2,1-3H3,(H2,17,20,21). The van der Waals surface area contributed by atoms with Gasteiger partial charge in [-0.1, -0.05) is 11.6 Å². The van der Waals surface area contributed by atoms with E-state index in [-0.39, 0.29) is 5.95 Å².